The Bertz CT molecular complexity index is 2690. The molecular weight excluding hydrogens is 1300 g/mol. The monoisotopic (exact) mass is 1430 g/mol. The Morgan fingerprint density at radius 1 is 0.470 bits per heavy atom. The lowest BCUT2D eigenvalue weighted by atomic mass is 9.90. The number of carbonyl (C=O) groups excluding carboxylic acids is 12. The van der Waals surface area contributed by atoms with Gasteiger partial charge in [0.25, 0.3) is 0 Å². The van der Waals surface area contributed by atoms with Gasteiger partial charge in [0.15, 0.2) is 0 Å². The molecule has 1 aliphatic heterocycles. The maximum atomic E-state index is 15.6. The molecule has 1 aliphatic rings. The molecule has 0 unspecified atom stereocenters. The average molecular weight is 1430 g/mol. The molecule has 0 bridgehead atoms. The van der Waals surface area contributed by atoms with Crippen LogP contribution in [-0.4, -0.2) is 249 Å². The van der Waals surface area contributed by atoms with E-state index in [0.29, 0.717) is 19.4 Å². The number of aliphatic hydroxyl groups is 1. The average Bonchev–Trinajstić information content (AvgIpc) is 0.806. The van der Waals surface area contributed by atoms with Crippen molar-refractivity contribution in [3.63, 3.8) is 0 Å². The Morgan fingerprint density at radius 2 is 0.890 bits per heavy atom. The van der Waals surface area contributed by atoms with E-state index in [-0.39, 0.29) is 72.2 Å². The van der Waals surface area contributed by atoms with Crippen molar-refractivity contribution in [2.45, 2.75) is 299 Å². The zero-order chi connectivity index (χ0) is 77.3. The fraction of sp³-hybridized carbons (Fsp3) is 0.838. The van der Waals surface area contributed by atoms with Crippen LogP contribution in [0, 0.1) is 41.4 Å². The highest BCUT2D eigenvalue weighted by molar-refractivity contribution is 8.00. The topological polar surface area (TPSA) is 308 Å². The van der Waals surface area contributed by atoms with Gasteiger partial charge in [0.05, 0.1) is 6.10 Å². The summed E-state index contributed by atoms with van der Waals surface area (Å²) in [7, 11) is 10.2. The van der Waals surface area contributed by atoms with E-state index in [2.05, 4.69) is 47.4 Å². The van der Waals surface area contributed by atoms with Crippen molar-refractivity contribution in [2.24, 2.45) is 41.4 Å². The lowest BCUT2D eigenvalue weighted by molar-refractivity contribution is -0.157. The summed E-state index contributed by atoms with van der Waals surface area (Å²) < 4.78 is -0.380. The molecule has 1 rings (SSSR count). The van der Waals surface area contributed by atoms with Crippen molar-refractivity contribution in [3.8, 4) is 0 Å². The van der Waals surface area contributed by atoms with Crippen molar-refractivity contribution in [1.29, 1.82) is 0 Å². The molecular formula is C74H136N12O13S. The molecule has 0 aromatic carbocycles. The van der Waals surface area contributed by atoms with E-state index in [1.165, 1.54) is 111 Å². The van der Waals surface area contributed by atoms with Crippen LogP contribution in [-0.2, 0) is 57.5 Å². The van der Waals surface area contributed by atoms with Gasteiger partial charge in [-0.2, -0.15) is 11.8 Å². The van der Waals surface area contributed by atoms with Crippen molar-refractivity contribution >= 4 is 82.6 Å². The molecule has 1 heterocycles. The van der Waals surface area contributed by atoms with Crippen molar-refractivity contribution in [2.75, 3.05) is 61.6 Å². The predicted molar refractivity (Wildman–Crippen MR) is 396 cm³/mol. The summed E-state index contributed by atoms with van der Waals surface area (Å²) in [5.74, 6) is -9.90. The predicted octanol–water partition coefficient (Wildman–Crippen LogP) is 6.46. The summed E-state index contributed by atoms with van der Waals surface area (Å²) in [5.41, 5.74) is 0. The summed E-state index contributed by atoms with van der Waals surface area (Å²) >= 11 is 1.49. The quantitative estimate of drug-likeness (QED) is 0.0507. The molecule has 25 nitrogen and oxygen atoms in total. The first-order chi connectivity index (χ1) is 46.2. The van der Waals surface area contributed by atoms with Crippen LogP contribution < -0.4 is 26.6 Å². The normalized spacial score (nSPS) is 25.4. The van der Waals surface area contributed by atoms with Crippen LogP contribution in [0.15, 0.2) is 0 Å². The molecule has 0 saturated carbocycles. The first-order valence-electron chi connectivity index (χ1n) is 36.9. The number of unbranched alkanes of at least 4 members (excludes halogenated alkanes) is 4. The second-order valence-electron chi connectivity index (χ2n) is 31.4. The van der Waals surface area contributed by atoms with Crippen LogP contribution >= 0.6 is 11.8 Å². The lowest BCUT2D eigenvalue weighted by Crippen LogP contribution is -2.64. The molecule has 1 fully saturated rings. The third kappa shape index (κ3) is 28.0. The van der Waals surface area contributed by atoms with Gasteiger partial charge in [-0.1, -0.05) is 150 Å². The standard InChI is InChI=1S/C74H136N12O13S/c1-28-30-36-74(19,20)100-42-58-71(97)80(21)55(39-44(5)6)65(91)79-59(47(11)12)72(98)81(22)54(38-43(3)4)64(90)76-50(16)63(89)77-51(17)67(93)82(23)56(40-45(7)8)69(95)83(24)57(41-46(9)10)70(96)85(26)60(48(13)14)73(99)86(27)61(66(92)78-53(29-2)68(94)84(58)25)62(88)49(15)35-33-31-32-34-37-75-52(18)87/h43-51,53-62,88H,28-42H2,1-27H3,(H,75,87)(H,76,90)(H,77,89)(H,78,92)(H,79,91)/t49-,50+,51-,53+,54+,55+,56+,57+,58-,59+,60+,61+,62-/m1/s1. The van der Waals surface area contributed by atoms with Crippen LogP contribution in [0.25, 0.3) is 0 Å². The first kappa shape index (κ1) is 92.0. The van der Waals surface area contributed by atoms with Gasteiger partial charge in [-0.05, 0) is 107 Å². The number of nitrogens with one attached hydrogen (secondary N) is 5. The van der Waals surface area contributed by atoms with E-state index in [9.17, 15) is 29.1 Å². The highest BCUT2D eigenvalue weighted by atomic mass is 32.2. The Hall–Kier alpha value is -6.05. The van der Waals surface area contributed by atoms with Gasteiger partial charge in [0.2, 0.25) is 70.9 Å². The molecule has 0 aromatic rings. The van der Waals surface area contributed by atoms with Crippen LogP contribution in [0.3, 0.4) is 0 Å². The Balaban J connectivity index is 4.60. The number of amides is 12. The number of likely N-dealkylation sites (N-methyl/N-ethyl adjacent to an activating group) is 7. The van der Waals surface area contributed by atoms with Crippen molar-refractivity contribution in [1.82, 2.24) is 60.9 Å². The third-order valence-corrected chi connectivity index (χ3v) is 20.8. The fourth-order valence-corrected chi connectivity index (χ4v) is 14.1. The minimum Gasteiger partial charge on any atom is -0.390 e. The van der Waals surface area contributed by atoms with Crippen LogP contribution in [0.5, 0.6) is 0 Å². The zero-order valence-corrected chi connectivity index (χ0v) is 67.3. The highest BCUT2D eigenvalue weighted by Crippen LogP contribution is 2.33. The van der Waals surface area contributed by atoms with Gasteiger partial charge in [0.1, 0.15) is 66.5 Å². The summed E-state index contributed by atoms with van der Waals surface area (Å²) in [6, 6.07) is -13.9. The number of rotatable bonds is 26. The molecule has 0 aliphatic carbocycles. The third-order valence-electron chi connectivity index (χ3n) is 19.4. The van der Waals surface area contributed by atoms with E-state index in [4.69, 9.17) is 0 Å². The van der Waals surface area contributed by atoms with E-state index in [0.717, 1.165) is 43.4 Å². The number of carbonyl (C=O) groups is 12. The molecule has 12 amide bonds. The first-order valence-corrected chi connectivity index (χ1v) is 37.9. The summed E-state index contributed by atoms with van der Waals surface area (Å²) in [5, 5.41) is 26.7. The van der Waals surface area contributed by atoms with Crippen LogP contribution in [0.4, 0.5) is 0 Å². The van der Waals surface area contributed by atoms with E-state index < -0.39 is 155 Å². The summed E-state index contributed by atoms with van der Waals surface area (Å²) in [6.07, 6.45) is 4.90. The Labute approximate surface area is 605 Å². The van der Waals surface area contributed by atoms with Crippen molar-refractivity contribution in [3.05, 3.63) is 0 Å². The molecule has 0 spiro atoms. The number of hydrogen-bond donors (Lipinski definition) is 6. The van der Waals surface area contributed by atoms with Gasteiger partial charge >= 0.3 is 0 Å². The van der Waals surface area contributed by atoms with E-state index in [1.807, 2.05) is 55.4 Å². The minimum absolute atomic E-state index is 0.00315. The zero-order valence-electron chi connectivity index (χ0n) is 66.5. The van der Waals surface area contributed by atoms with E-state index >= 15 is 33.6 Å². The molecule has 0 radical (unpaired) electrons. The number of hydrogen-bond acceptors (Lipinski definition) is 14. The van der Waals surface area contributed by atoms with E-state index in [1.54, 1.807) is 41.5 Å². The smallest absolute Gasteiger partial charge is 0.246 e. The molecule has 0 aromatic heterocycles. The number of thioether (sulfide) groups is 1. The maximum Gasteiger partial charge on any atom is 0.246 e. The van der Waals surface area contributed by atoms with Gasteiger partial charge in [-0.3, -0.25) is 57.5 Å². The highest BCUT2D eigenvalue weighted by Gasteiger charge is 2.47. The number of nitrogens with zero attached hydrogens (tertiary/aromatic N) is 7. The second-order valence-corrected chi connectivity index (χ2v) is 33.1. The minimum atomic E-state index is -1.65. The van der Waals surface area contributed by atoms with Crippen LogP contribution in [0.2, 0.25) is 0 Å². The molecule has 1 saturated heterocycles. The fourth-order valence-electron chi connectivity index (χ4n) is 12.9. The molecule has 100 heavy (non-hydrogen) atoms. The molecule has 13 atom stereocenters. The lowest BCUT2D eigenvalue weighted by Gasteiger charge is -2.42. The SMILES string of the molecule is CCCCC(C)(C)SC[C@@H]1C(=O)N(C)[C@@H](CC(C)C)C(=O)N[C@@H](C(C)C)C(=O)N(C)[C@@H](CC(C)C)C(=O)N[C@@H](C)C(=O)N[C@H](C)C(=O)N(C)[C@@H](CC(C)C)C(=O)N(C)[C@@H](CC(C)C)C(=O)N(C)[C@@H](C(C)C)C(=O)N(C)[C@@H]([C@H](O)[C@H](C)CCCCCCNC(C)=O)C(=O)N[C@@H](CC)C(=O)N1C. The van der Waals surface area contributed by atoms with Crippen LogP contribution in [0.1, 0.15) is 222 Å². The Kier molecular flexibility index (Phi) is 39.7. The molecule has 576 valence electrons. The maximum absolute atomic E-state index is 15.6. The van der Waals surface area contributed by atoms with Crippen molar-refractivity contribution < 1.29 is 62.6 Å². The van der Waals surface area contributed by atoms with Gasteiger partial charge < -0.3 is 66.0 Å². The largest absolute Gasteiger partial charge is 0.390 e. The van der Waals surface area contributed by atoms with Gasteiger partial charge in [0, 0.05) is 73.3 Å². The Morgan fingerprint density at radius 3 is 1.36 bits per heavy atom. The second kappa shape index (κ2) is 43.2. The van der Waals surface area contributed by atoms with Gasteiger partial charge in [-0.25, -0.2) is 0 Å². The summed E-state index contributed by atoms with van der Waals surface area (Å²) in [4.78, 5) is 186. The number of aliphatic hydroxyl groups excluding tert-OH is 1. The molecule has 26 heteroatoms. The molecule has 6 N–H and O–H groups in total. The van der Waals surface area contributed by atoms with Gasteiger partial charge in [-0.15, -0.1) is 0 Å². The summed E-state index contributed by atoms with van der Waals surface area (Å²) in [6.45, 7) is 36.5.